The Morgan fingerprint density at radius 2 is 1.95 bits per heavy atom. The van der Waals surface area contributed by atoms with Crippen LogP contribution < -0.4 is 4.72 Å². The summed E-state index contributed by atoms with van der Waals surface area (Å²) in [6.07, 6.45) is 3.53. The van der Waals surface area contributed by atoms with Crippen LogP contribution >= 0.6 is 15.9 Å². The highest BCUT2D eigenvalue weighted by molar-refractivity contribution is 9.10. The molecule has 1 aromatic carbocycles. The summed E-state index contributed by atoms with van der Waals surface area (Å²) in [6, 6.07) is 6.40. The molecule has 1 saturated carbocycles. The SMILES string of the molecule is COC(=O)C1(NS(=O)(=O)c2cccc(Br)c2)CCCCC1. The Bertz CT molecular complexity index is 624. The predicted octanol–water partition coefficient (Wildman–Crippen LogP) is 2.60. The van der Waals surface area contributed by atoms with Gasteiger partial charge in [0, 0.05) is 4.47 Å². The Labute approximate surface area is 133 Å². The van der Waals surface area contributed by atoms with Crippen molar-refractivity contribution in [1.29, 1.82) is 0 Å². The number of ether oxygens (including phenoxy) is 1. The monoisotopic (exact) mass is 375 g/mol. The number of nitrogens with one attached hydrogen (secondary N) is 1. The molecule has 1 aliphatic carbocycles. The van der Waals surface area contributed by atoms with Gasteiger partial charge in [-0.25, -0.2) is 8.42 Å². The van der Waals surface area contributed by atoms with Crippen molar-refractivity contribution in [2.75, 3.05) is 7.11 Å². The van der Waals surface area contributed by atoms with E-state index in [1.165, 1.54) is 19.2 Å². The van der Waals surface area contributed by atoms with Crippen molar-refractivity contribution < 1.29 is 17.9 Å². The average Bonchev–Trinajstić information content (AvgIpc) is 2.47. The van der Waals surface area contributed by atoms with Crippen LogP contribution in [0.3, 0.4) is 0 Å². The zero-order valence-electron chi connectivity index (χ0n) is 11.8. The minimum atomic E-state index is -3.78. The molecule has 0 radical (unpaired) electrons. The first-order valence-corrected chi connectivity index (χ1v) is 9.05. The normalized spacial score (nSPS) is 18.2. The molecular weight excluding hydrogens is 358 g/mol. The fourth-order valence-corrected chi connectivity index (χ4v) is 4.66. The lowest BCUT2D eigenvalue weighted by Crippen LogP contribution is -2.55. The minimum Gasteiger partial charge on any atom is -0.468 e. The van der Waals surface area contributed by atoms with Crippen LogP contribution in [-0.2, 0) is 19.6 Å². The Morgan fingerprint density at radius 1 is 1.29 bits per heavy atom. The van der Waals surface area contributed by atoms with Crippen LogP contribution in [0.15, 0.2) is 33.6 Å². The van der Waals surface area contributed by atoms with Gasteiger partial charge in [-0.3, -0.25) is 4.79 Å². The molecule has 0 amide bonds. The number of halogens is 1. The maximum Gasteiger partial charge on any atom is 0.327 e. The molecule has 1 N–H and O–H groups in total. The van der Waals surface area contributed by atoms with Gasteiger partial charge in [0.1, 0.15) is 5.54 Å². The van der Waals surface area contributed by atoms with Crippen molar-refractivity contribution in [3.63, 3.8) is 0 Å². The van der Waals surface area contributed by atoms with Gasteiger partial charge in [0.2, 0.25) is 10.0 Å². The van der Waals surface area contributed by atoms with Crippen LogP contribution in [0.5, 0.6) is 0 Å². The average molecular weight is 376 g/mol. The summed E-state index contributed by atoms with van der Waals surface area (Å²) in [5.74, 6) is -0.513. The lowest BCUT2D eigenvalue weighted by atomic mass is 9.83. The van der Waals surface area contributed by atoms with E-state index in [9.17, 15) is 13.2 Å². The molecule has 0 atom stereocenters. The molecule has 2 rings (SSSR count). The zero-order valence-corrected chi connectivity index (χ0v) is 14.2. The van der Waals surface area contributed by atoms with E-state index in [-0.39, 0.29) is 4.90 Å². The van der Waals surface area contributed by atoms with E-state index in [0.717, 1.165) is 19.3 Å². The van der Waals surface area contributed by atoms with E-state index >= 15 is 0 Å². The predicted molar refractivity (Wildman–Crippen MR) is 82.3 cm³/mol. The summed E-state index contributed by atoms with van der Waals surface area (Å²) >= 11 is 3.25. The summed E-state index contributed by atoms with van der Waals surface area (Å²) in [6.45, 7) is 0. The van der Waals surface area contributed by atoms with Gasteiger partial charge < -0.3 is 4.74 Å². The van der Waals surface area contributed by atoms with E-state index in [4.69, 9.17) is 4.74 Å². The first-order valence-electron chi connectivity index (χ1n) is 6.78. The van der Waals surface area contributed by atoms with Gasteiger partial charge in [-0.2, -0.15) is 4.72 Å². The van der Waals surface area contributed by atoms with Crippen molar-refractivity contribution >= 4 is 31.9 Å². The molecule has 7 heteroatoms. The number of esters is 1. The molecule has 0 spiro atoms. The lowest BCUT2D eigenvalue weighted by molar-refractivity contribution is -0.149. The number of hydrogen-bond acceptors (Lipinski definition) is 4. The van der Waals surface area contributed by atoms with Gasteiger partial charge in [-0.05, 0) is 31.0 Å². The van der Waals surface area contributed by atoms with Gasteiger partial charge in [-0.1, -0.05) is 41.3 Å². The van der Waals surface area contributed by atoms with Gasteiger partial charge >= 0.3 is 5.97 Å². The van der Waals surface area contributed by atoms with Gasteiger partial charge in [0.25, 0.3) is 0 Å². The summed E-state index contributed by atoms with van der Waals surface area (Å²) in [4.78, 5) is 12.2. The zero-order chi connectivity index (χ0) is 15.5. The lowest BCUT2D eigenvalue weighted by Gasteiger charge is -2.34. The van der Waals surface area contributed by atoms with Crippen LogP contribution in [0, 0.1) is 0 Å². The quantitative estimate of drug-likeness (QED) is 0.820. The second-order valence-corrected chi connectivity index (χ2v) is 7.80. The van der Waals surface area contributed by atoms with Crippen molar-refractivity contribution in [3.8, 4) is 0 Å². The molecule has 21 heavy (non-hydrogen) atoms. The fraction of sp³-hybridized carbons (Fsp3) is 0.500. The summed E-state index contributed by atoms with van der Waals surface area (Å²) < 4.78 is 33.1. The third kappa shape index (κ3) is 3.64. The van der Waals surface area contributed by atoms with Crippen LogP contribution in [-0.4, -0.2) is 27.0 Å². The minimum absolute atomic E-state index is 0.130. The van der Waals surface area contributed by atoms with Crippen molar-refractivity contribution in [2.45, 2.75) is 42.5 Å². The Hall–Kier alpha value is -0.920. The number of hydrogen-bond donors (Lipinski definition) is 1. The topological polar surface area (TPSA) is 72.5 Å². The third-order valence-electron chi connectivity index (χ3n) is 3.72. The maximum atomic E-state index is 12.5. The molecule has 0 aliphatic heterocycles. The summed E-state index contributed by atoms with van der Waals surface area (Å²) in [5.41, 5.74) is -1.14. The number of sulfonamides is 1. The number of carbonyl (C=O) groups is 1. The fourth-order valence-electron chi connectivity index (χ4n) is 2.65. The smallest absolute Gasteiger partial charge is 0.327 e. The largest absolute Gasteiger partial charge is 0.468 e. The molecule has 5 nitrogen and oxygen atoms in total. The number of rotatable bonds is 4. The van der Waals surface area contributed by atoms with E-state index in [1.807, 2.05) is 0 Å². The van der Waals surface area contributed by atoms with Crippen molar-refractivity contribution in [3.05, 3.63) is 28.7 Å². The summed E-state index contributed by atoms with van der Waals surface area (Å²) in [7, 11) is -2.49. The second-order valence-electron chi connectivity index (χ2n) is 5.20. The summed E-state index contributed by atoms with van der Waals surface area (Å²) in [5, 5.41) is 0. The maximum absolute atomic E-state index is 12.5. The van der Waals surface area contributed by atoms with E-state index in [0.29, 0.717) is 17.3 Å². The molecule has 0 heterocycles. The van der Waals surface area contributed by atoms with Gasteiger partial charge in [0.05, 0.1) is 12.0 Å². The molecule has 1 fully saturated rings. The van der Waals surface area contributed by atoms with Crippen molar-refractivity contribution in [1.82, 2.24) is 4.72 Å². The highest BCUT2D eigenvalue weighted by Gasteiger charge is 2.44. The van der Waals surface area contributed by atoms with Crippen LogP contribution in [0.25, 0.3) is 0 Å². The number of methoxy groups -OCH3 is 1. The van der Waals surface area contributed by atoms with Crippen molar-refractivity contribution in [2.24, 2.45) is 0 Å². The molecule has 1 aliphatic rings. The molecule has 0 aromatic heterocycles. The standard InChI is InChI=1S/C14H18BrNO4S/c1-20-13(17)14(8-3-2-4-9-14)16-21(18,19)12-7-5-6-11(15)10-12/h5-7,10,16H,2-4,8-9H2,1H3. The Balaban J connectivity index is 2.33. The molecule has 0 unspecified atom stereocenters. The highest BCUT2D eigenvalue weighted by Crippen LogP contribution is 2.31. The number of benzene rings is 1. The Kier molecular flexibility index (Phi) is 5.06. The highest BCUT2D eigenvalue weighted by atomic mass is 79.9. The molecule has 1 aromatic rings. The van der Waals surface area contributed by atoms with E-state index < -0.39 is 21.5 Å². The van der Waals surface area contributed by atoms with E-state index in [2.05, 4.69) is 20.7 Å². The van der Waals surface area contributed by atoms with Gasteiger partial charge in [-0.15, -0.1) is 0 Å². The Morgan fingerprint density at radius 3 is 2.52 bits per heavy atom. The first-order chi connectivity index (χ1) is 9.89. The molecule has 0 bridgehead atoms. The van der Waals surface area contributed by atoms with Crippen LogP contribution in [0.1, 0.15) is 32.1 Å². The molecule has 116 valence electrons. The van der Waals surface area contributed by atoms with E-state index in [1.54, 1.807) is 12.1 Å². The first kappa shape index (κ1) is 16.5. The third-order valence-corrected chi connectivity index (χ3v) is 5.75. The second kappa shape index (κ2) is 6.46. The molecule has 0 saturated heterocycles. The molecular formula is C14H18BrNO4S. The van der Waals surface area contributed by atoms with Crippen LogP contribution in [0.4, 0.5) is 0 Å². The van der Waals surface area contributed by atoms with Gasteiger partial charge in [0.15, 0.2) is 0 Å². The number of carbonyl (C=O) groups excluding carboxylic acids is 1. The van der Waals surface area contributed by atoms with Crippen LogP contribution in [0.2, 0.25) is 0 Å².